The summed E-state index contributed by atoms with van der Waals surface area (Å²) in [4.78, 5) is 21.4. The molecular weight excluding hydrogens is 420 g/mol. The molecule has 1 aliphatic rings. The number of anilines is 2. The Morgan fingerprint density at radius 3 is 2.97 bits per heavy atom. The van der Waals surface area contributed by atoms with Gasteiger partial charge in [0.2, 0.25) is 0 Å². The number of rotatable bonds is 7. The number of hydrogen-bond acceptors (Lipinski definition) is 7. The van der Waals surface area contributed by atoms with Crippen molar-refractivity contribution in [2.45, 2.75) is 33.1 Å². The predicted molar refractivity (Wildman–Crippen MR) is 124 cm³/mol. The minimum absolute atomic E-state index is 0.0518. The molecule has 0 saturated heterocycles. The Balaban J connectivity index is 1.41. The van der Waals surface area contributed by atoms with Crippen molar-refractivity contribution in [1.82, 2.24) is 25.5 Å². The number of benzene rings is 2. The van der Waals surface area contributed by atoms with Crippen molar-refractivity contribution in [2.24, 2.45) is 0 Å². The number of amides is 1. The molecule has 0 spiro atoms. The Morgan fingerprint density at radius 1 is 1.18 bits per heavy atom. The maximum absolute atomic E-state index is 11.9. The van der Waals surface area contributed by atoms with E-state index in [0.717, 1.165) is 33.4 Å². The molecule has 3 N–H and O–H groups in total. The number of hydrogen-bond donors (Lipinski definition) is 3. The van der Waals surface area contributed by atoms with E-state index in [9.17, 15) is 4.79 Å². The van der Waals surface area contributed by atoms with Gasteiger partial charge >= 0.3 is 0 Å². The van der Waals surface area contributed by atoms with Gasteiger partial charge in [-0.05, 0) is 44.2 Å². The van der Waals surface area contributed by atoms with E-state index in [-0.39, 0.29) is 18.6 Å². The van der Waals surface area contributed by atoms with Gasteiger partial charge in [-0.3, -0.25) is 9.89 Å². The van der Waals surface area contributed by atoms with Crippen LogP contribution in [-0.4, -0.2) is 38.7 Å². The smallest absolute Gasteiger partial charge is 0.258 e. The van der Waals surface area contributed by atoms with Gasteiger partial charge < -0.3 is 20.1 Å². The third-order valence-electron chi connectivity index (χ3n) is 5.19. The average Bonchev–Trinajstić information content (AvgIpc) is 3.46. The van der Waals surface area contributed by atoms with Crippen LogP contribution in [-0.2, 0) is 22.7 Å². The number of ether oxygens (including phenoxy) is 2. The third-order valence-corrected chi connectivity index (χ3v) is 5.19. The normalized spacial score (nSPS) is 12.7. The lowest BCUT2D eigenvalue weighted by molar-refractivity contribution is -0.123. The van der Waals surface area contributed by atoms with Crippen LogP contribution in [0, 0.1) is 0 Å². The molecule has 0 fully saturated rings. The van der Waals surface area contributed by atoms with Crippen LogP contribution < -0.4 is 15.4 Å². The molecule has 0 aliphatic carbocycles. The van der Waals surface area contributed by atoms with E-state index in [1.807, 2.05) is 56.3 Å². The fourth-order valence-corrected chi connectivity index (χ4v) is 3.68. The Hall–Kier alpha value is -3.98. The lowest BCUT2D eigenvalue weighted by Gasteiger charge is -2.13. The lowest BCUT2D eigenvalue weighted by Crippen LogP contribution is -2.34. The molecule has 2 aromatic heterocycles. The number of nitrogens with one attached hydrogen (secondary N) is 3. The Kier molecular flexibility index (Phi) is 5.62. The largest absolute Gasteiger partial charge is 0.484 e. The summed E-state index contributed by atoms with van der Waals surface area (Å²) in [6.07, 6.45) is 1.78. The molecular formula is C24H24N6O3. The summed E-state index contributed by atoms with van der Waals surface area (Å²) in [5.74, 6) is 1.68. The van der Waals surface area contributed by atoms with Crippen molar-refractivity contribution >= 4 is 28.3 Å². The van der Waals surface area contributed by atoms with Gasteiger partial charge in [-0.2, -0.15) is 5.10 Å². The highest BCUT2D eigenvalue weighted by Crippen LogP contribution is 2.31. The Bertz CT molecular complexity index is 1320. The van der Waals surface area contributed by atoms with Crippen molar-refractivity contribution in [1.29, 1.82) is 0 Å². The van der Waals surface area contributed by atoms with Crippen molar-refractivity contribution in [3.63, 3.8) is 0 Å². The molecule has 2 aromatic carbocycles. The number of H-pyrrole nitrogens is 1. The summed E-state index contributed by atoms with van der Waals surface area (Å²) in [5, 5.41) is 14.3. The summed E-state index contributed by atoms with van der Waals surface area (Å²) in [7, 11) is 0. The molecule has 0 saturated carbocycles. The second-order valence-corrected chi connectivity index (χ2v) is 8.15. The van der Waals surface area contributed by atoms with Gasteiger partial charge in [0.25, 0.3) is 5.91 Å². The van der Waals surface area contributed by atoms with Crippen molar-refractivity contribution in [3.8, 4) is 17.1 Å². The van der Waals surface area contributed by atoms with Gasteiger partial charge in [0.1, 0.15) is 11.6 Å². The zero-order chi connectivity index (χ0) is 22.8. The van der Waals surface area contributed by atoms with Crippen LogP contribution in [0.4, 0.5) is 11.5 Å². The summed E-state index contributed by atoms with van der Waals surface area (Å²) in [5.41, 5.74) is 4.46. The van der Waals surface area contributed by atoms with Gasteiger partial charge in [-0.25, -0.2) is 9.97 Å². The molecule has 1 aliphatic heterocycles. The SMILES string of the molecule is CC(C)NC(=O)COc1cccc(-c2nc3c(c(Nc4ccc5[nH]ncc5c4)n2)COC3)c1. The van der Waals surface area contributed by atoms with E-state index in [2.05, 4.69) is 20.8 Å². The van der Waals surface area contributed by atoms with Crippen LogP contribution in [0.1, 0.15) is 25.1 Å². The molecule has 9 nitrogen and oxygen atoms in total. The zero-order valence-corrected chi connectivity index (χ0v) is 18.4. The van der Waals surface area contributed by atoms with Crippen LogP contribution in [0.5, 0.6) is 5.75 Å². The van der Waals surface area contributed by atoms with Gasteiger partial charge in [0.05, 0.1) is 30.6 Å². The molecule has 4 aromatic rings. The molecule has 33 heavy (non-hydrogen) atoms. The minimum atomic E-state index is -0.164. The zero-order valence-electron chi connectivity index (χ0n) is 18.4. The summed E-state index contributed by atoms with van der Waals surface area (Å²) in [6, 6.07) is 13.4. The number of carbonyl (C=O) groups is 1. The summed E-state index contributed by atoms with van der Waals surface area (Å²) in [6.45, 7) is 4.66. The van der Waals surface area contributed by atoms with Crippen LogP contribution >= 0.6 is 0 Å². The van der Waals surface area contributed by atoms with Crippen LogP contribution in [0.2, 0.25) is 0 Å². The first-order valence-electron chi connectivity index (χ1n) is 10.8. The minimum Gasteiger partial charge on any atom is -0.484 e. The van der Waals surface area contributed by atoms with Crippen molar-refractivity contribution in [2.75, 3.05) is 11.9 Å². The van der Waals surface area contributed by atoms with E-state index in [1.165, 1.54) is 0 Å². The first-order valence-corrected chi connectivity index (χ1v) is 10.8. The van der Waals surface area contributed by atoms with E-state index < -0.39 is 0 Å². The molecule has 0 radical (unpaired) electrons. The van der Waals surface area contributed by atoms with Gasteiger partial charge in [-0.1, -0.05) is 12.1 Å². The van der Waals surface area contributed by atoms with E-state index >= 15 is 0 Å². The summed E-state index contributed by atoms with van der Waals surface area (Å²) < 4.78 is 11.3. The predicted octanol–water partition coefficient (Wildman–Crippen LogP) is 3.70. The molecule has 1 amide bonds. The fraction of sp³-hybridized carbons (Fsp3) is 0.250. The molecule has 9 heteroatoms. The highest BCUT2D eigenvalue weighted by Gasteiger charge is 2.21. The number of nitrogens with zero attached hydrogens (tertiary/aromatic N) is 3. The van der Waals surface area contributed by atoms with E-state index in [1.54, 1.807) is 6.20 Å². The van der Waals surface area contributed by atoms with Crippen molar-refractivity contribution < 1.29 is 14.3 Å². The third kappa shape index (κ3) is 4.63. The lowest BCUT2D eigenvalue weighted by atomic mass is 10.1. The molecule has 3 heterocycles. The highest BCUT2D eigenvalue weighted by molar-refractivity contribution is 5.83. The van der Waals surface area contributed by atoms with Crippen molar-refractivity contribution in [3.05, 3.63) is 59.9 Å². The Labute approximate surface area is 190 Å². The maximum Gasteiger partial charge on any atom is 0.258 e. The molecule has 5 rings (SSSR count). The quantitative estimate of drug-likeness (QED) is 0.398. The van der Waals surface area contributed by atoms with E-state index in [0.29, 0.717) is 30.6 Å². The van der Waals surface area contributed by atoms with Gasteiger partial charge in [-0.15, -0.1) is 0 Å². The summed E-state index contributed by atoms with van der Waals surface area (Å²) >= 11 is 0. The van der Waals surface area contributed by atoms with Gasteiger partial charge in [0.15, 0.2) is 12.4 Å². The first-order chi connectivity index (χ1) is 16.0. The maximum atomic E-state index is 11.9. The van der Waals surface area contributed by atoms with Crippen LogP contribution in [0.25, 0.3) is 22.3 Å². The molecule has 0 unspecified atom stereocenters. The van der Waals surface area contributed by atoms with Crippen LogP contribution in [0.3, 0.4) is 0 Å². The van der Waals surface area contributed by atoms with E-state index in [4.69, 9.17) is 19.4 Å². The molecule has 0 bridgehead atoms. The second kappa shape index (κ2) is 8.87. The monoisotopic (exact) mass is 444 g/mol. The standard InChI is InChI=1S/C24H24N6O3/c1-14(2)26-22(31)13-33-18-5-3-4-15(9-18)23-28-21-12-32-11-19(21)24(29-23)27-17-6-7-20-16(8-17)10-25-30-20/h3-10,14H,11-13H2,1-2H3,(H,25,30)(H,26,31)(H,27,28,29). The average molecular weight is 444 g/mol. The topological polar surface area (TPSA) is 114 Å². The highest BCUT2D eigenvalue weighted by atomic mass is 16.5. The number of aromatic amines is 1. The number of carbonyl (C=O) groups excluding carboxylic acids is 1. The first kappa shape index (κ1) is 20.9. The number of aromatic nitrogens is 4. The molecule has 0 atom stereocenters. The second-order valence-electron chi connectivity index (χ2n) is 8.15. The van der Waals surface area contributed by atoms with Gasteiger partial charge in [0, 0.05) is 28.2 Å². The van der Waals surface area contributed by atoms with Crippen LogP contribution in [0.15, 0.2) is 48.7 Å². The Morgan fingerprint density at radius 2 is 2.09 bits per heavy atom. The molecule has 168 valence electrons. The number of fused-ring (bicyclic) bond motifs is 2. The fourth-order valence-electron chi connectivity index (χ4n) is 3.68.